The Kier molecular flexibility index (Phi) is 6.16. The number of nitrogens with two attached hydrogens (primary N) is 1. The Balaban J connectivity index is 2.65. The fraction of sp³-hybridized carbons (Fsp3) is 0.308. The smallest absolute Gasteiger partial charge is 0.339 e. The zero-order valence-electron chi connectivity index (χ0n) is 11.6. The topological polar surface area (TPSA) is 111 Å². The molecule has 0 heterocycles. The van der Waals surface area contributed by atoms with E-state index in [-0.39, 0.29) is 5.56 Å². The van der Waals surface area contributed by atoms with E-state index >= 15 is 0 Å². The predicted molar refractivity (Wildman–Crippen MR) is 80.6 cm³/mol. The van der Waals surface area contributed by atoms with Crippen LogP contribution in [0.2, 0.25) is 0 Å². The summed E-state index contributed by atoms with van der Waals surface area (Å²) < 4.78 is 5.60. The number of benzene rings is 1. The van der Waals surface area contributed by atoms with Crippen molar-refractivity contribution in [2.45, 2.75) is 20.0 Å². The fourth-order valence-corrected chi connectivity index (χ4v) is 1.94. The van der Waals surface area contributed by atoms with Crippen LogP contribution in [0.5, 0.6) is 0 Å². The molecule has 0 bridgehead atoms. The lowest BCUT2D eigenvalue weighted by Gasteiger charge is -2.13. The van der Waals surface area contributed by atoms with Crippen molar-refractivity contribution in [3.8, 4) is 0 Å². The molecule has 114 valence electrons. The van der Waals surface area contributed by atoms with E-state index in [1.165, 1.54) is 19.1 Å². The molecule has 0 saturated heterocycles. The quantitative estimate of drug-likeness (QED) is 0.557. The van der Waals surface area contributed by atoms with Crippen molar-refractivity contribution < 1.29 is 19.1 Å². The molecule has 0 spiro atoms. The first-order chi connectivity index (χ1) is 9.83. The van der Waals surface area contributed by atoms with Gasteiger partial charge in [-0.15, -0.1) is 0 Å². The molecular weight excluding hydrogens is 342 g/mol. The third kappa shape index (κ3) is 5.42. The van der Waals surface area contributed by atoms with Crippen molar-refractivity contribution >= 4 is 39.5 Å². The van der Waals surface area contributed by atoms with Gasteiger partial charge in [0.05, 0.1) is 5.56 Å². The summed E-state index contributed by atoms with van der Waals surface area (Å²) in [5, 5.41) is 4.46. The molecule has 0 radical (unpaired) electrons. The zero-order valence-corrected chi connectivity index (χ0v) is 13.2. The van der Waals surface area contributed by atoms with E-state index < -0.39 is 24.0 Å². The second-order valence-electron chi connectivity index (χ2n) is 4.17. The summed E-state index contributed by atoms with van der Waals surface area (Å²) in [7, 11) is 0. The lowest BCUT2D eigenvalue weighted by Crippen LogP contribution is -2.44. The number of urea groups is 1. The second kappa shape index (κ2) is 7.63. The van der Waals surface area contributed by atoms with Crippen LogP contribution in [-0.4, -0.2) is 30.6 Å². The third-order valence-corrected chi connectivity index (χ3v) is 2.84. The van der Waals surface area contributed by atoms with Crippen LogP contribution in [0.15, 0.2) is 22.7 Å². The summed E-state index contributed by atoms with van der Waals surface area (Å²) in [4.78, 5) is 34.7. The molecule has 21 heavy (non-hydrogen) atoms. The summed E-state index contributed by atoms with van der Waals surface area (Å²) in [6.07, 6.45) is -1.11. The first-order valence-electron chi connectivity index (χ1n) is 6.19. The first kappa shape index (κ1) is 17.0. The molecule has 1 rings (SSSR count). The molecule has 1 atom stereocenters. The van der Waals surface area contributed by atoms with Crippen LogP contribution in [0, 0.1) is 0 Å². The van der Waals surface area contributed by atoms with Crippen LogP contribution >= 0.6 is 15.9 Å². The molecule has 7 nitrogen and oxygen atoms in total. The van der Waals surface area contributed by atoms with Gasteiger partial charge in [0.25, 0.3) is 5.91 Å². The Labute approximate surface area is 130 Å². The maximum absolute atomic E-state index is 11.9. The number of hydrogen-bond acceptors (Lipinski definition) is 5. The van der Waals surface area contributed by atoms with E-state index in [2.05, 4.69) is 26.6 Å². The van der Waals surface area contributed by atoms with E-state index in [0.717, 1.165) is 0 Å². The number of rotatable bonds is 4. The number of carbonyl (C=O) groups is 3. The van der Waals surface area contributed by atoms with Gasteiger partial charge in [0.2, 0.25) is 0 Å². The highest BCUT2D eigenvalue weighted by Crippen LogP contribution is 2.18. The highest BCUT2D eigenvalue weighted by atomic mass is 79.9. The average Bonchev–Trinajstić information content (AvgIpc) is 2.37. The van der Waals surface area contributed by atoms with Crippen molar-refractivity contribution in [1.29, 1.82) is 0 Å². The summed E-state index contributed by atoms with van der Waals surface area (Å²) in [6.45, 7) is 3.46. The zero-order chi connectivity index (χ0) is 16.0. The molecule has 0 aliphatic rings. The standard InChI is InChI=1S/C13H16BrN3O4/c1-3-16-13(20)17-11(18)7(2)21-12(19)8-4-9(14)6-10(15)5-8/h4-7H,3,15H2,1-2H3,(H2,16,17,18,20). The molecule has 0 saturated carbocycles. The van der Waals surface area contributed by atoms with Crippen molar-refractivity contribution in [3.63, 3.8) is 0 Å². The number of nitrogens with one attached hydrogen (secondary N) is 2. The Morgan fingerprint density at radius 2 is 2.00 bits per heavy atom. The summed E-state index contributed by atoms with van der Waals surface area (Å²) >= 11 is 3.21. The summed E-state index contributed by atoms with van der Waals surface area (Å²) in [5.41, 5.74) is 6.21. The number of halogens is 1. The first-order valence-corrected chi connectivity index (χ1v) is 6.98. The number of carbonyl (C=O) groups excluding carboxylic acids is 3. The van der Waals surface area contributed by atoms with Gasteiger partial charge in [-0.2, -0.15) is 0 Å². The van der Waals surface area contributed by atoms with E-state index in [1.54, 1.807) is 13.0 Å². The maximum atomic E-state index is 11.9. The van der Waals surface area contributed by atoms with Crippen LogP contribution in [0.4, 0.5) is 10.5 Å². The summed E-state index contributed by atoms with van der Waals surface area (Å²) in [5.74, 6) is -1.42. The largest absolute Gasteiger partial charge is 0.449 e. The monoisotopic (exact) mass is 357 g/mol. The number of imide groups is 1. The van der Waals surface area contributed by atoms with Gasteiger partial charge >= 0.3 is 12.0 Å². The van der Waals surface area contributed by atoms with E-state index in [0.29, 0.717) is 16.7 Å². The minimum Gasteiger partial charge on any atom is -0.449 e. The number of esters is 1. The number of nitrogen functional groups attached to an aromatic ring is 1. The van der Waals surface area contributed by atoms with Crippen LogP contribution in [0.1, 0.15) is 24.2 Å². The molecule has 0 aliphatic carbocycles. The molecule has 0 aromatic heterocycles. The minimum atomic E-state index is -1.11. The fourth-order valence-electron chi connectivity index (χ4n) is 1.43. The van der Waals surface area contributed by atoms with Gasteiger partial charge in [0.1, 0.15) is 0 Å². The maximum Gasteiger partial charge on any atom is 0.339 e. The number of ether oxygens (including phenoxy) is 1. The van der Waals surface area contributed by atoms with Gasteiger partial charge in [-0.05, 0) is 32.0 Å². The van der Waals surface area contributed by atoms with E-state index in [1.807, 2.05) is 0 Å². The van der Waals surface area contributed by atoms with E-state index in [4.69, 9.17) is 10.5 Å². The molecular formula is C13H16BrN3O4. The van der Waals surface area contributed by atoms with Gasteiger partial charge in [-0.3, -0.25) is 10.1 Å². The van der Waals surface area contributed by atoms with Gasteiger partial charge in [-0.25, -0.2) is 9.59 Å². The van der Waals surface area contributed by atoms with Crippen LogP contribution in [0.25, 0.3) is 0 Å². The molecule has 8 heteroatoms. The Hall–Kier alpha value is -2.09. The SMILES string of the molecule is CCNC(=O)NC(=O)C(C)OC(=O)c1cc(N)cc(Br)c1. The van der Waals surface area contributed by atoms with Crippen LogP contribution < -0.4 is 16.4 Å². The third-order valence-electron chi connectivity index (χ3n) is 2.38. The lowest BCUT2D eigenvalue weighted by molar-refractivity contribution is -0.127. The Morgan fingerprint density at radius 3 is 2.57 bits per heavy atom. The van der Waals surface area contributed by atoms with Crippen molar-refractivity contribution in [1.82, 2.24) is 10.6 Å². The lowest BCUT2D eigenvalue weighted by atomic mass is 10.2. The van der Waals surface area contributed by atoms with Crippen LogP contribution in [0.3, 0.4) is 0 Å². The number of anilines is 1. The second-order valence-corrected chi connectivity index (χ2v) is 5.09. The molecule has 3 amide bonds. The predicted octanol–water partition coefficient (Wildman–Crippen LogP) is 1.42. The Morgan fingerprint density at radius 1 is 1.33 bits per heavy atom. The number of amides is 3. The Bertz CT molecular complexity index is 542. The van der Waals surface area contributed by atoms with Crippen molar-refractivity contribution in [3.05, 3.63) is 28.2 Å². The minimum absolute atomic E-state index is 0.208. The molecule has 1 unspecified atom stereocenters. The molecule has 0 aliphatic heterocycles. The number of hydrogen-bond donors (Lipinski definition) is 3. The highest BCUT2D eigenvalue weighted by Gasteiger charge is 2.20. The molecule has 1 aromatic carbocycles. The van der Waals surface area contributed by atoms with Gasteiger partial charge < -0.3 is 15.8 Å². The summed E-state index contributed by atoms with van der Waals surface area (Å²) in [6, 6.07) is 3.94. The van der Waals surface area contributed by atoms with Crippen molar-refractivity contribution in [2.24, 2.45) is 0 Å². The highest BCUT2D eigenvalue weighted by molar-refractivity contribution is 9.10. The normalized spacial score (nSPS) is 11.4. The van der Waals surface area contributed by atoms with Gasteiger partial charge in [0.15, 0.2) is 6.10 Å². The van der Waals surface area contributed by atoms with Gasteiger partial charge in [-0.1, -0.05) is 15.9 Å². The van der Waals surface area contributed by atoms with E-state index in [9.17, 15) is 14.4 Å². The average molecular weight is 358 g/mol. The van der Waals surface area contributed by atoms with Gasteiger partial charge in [0, 0.05) is 16.7 Å². The molecule has 4 N–H and O–H groups in total. The van der Waals surface area contributed by atoms with Crippen LogP contribution in [-0.2, 0) is 9.53 Å². The molecule has 0 fully saturated rings. The molecule has 1 aromatic rings. The van der Waals surface area contributed by atoms with Crippen molar-refractivity contribution in [2.75, 3.05) is 12.3 Å².